The maximum Gasteiger partial charge on any atom is 0.275 e. The third kappa shape index (κ3) is 3.46. The zero-order chi connectivity index (χ0) is 17.1. The van der Waals surface area contributed by atoms with Gasteiger partial charge in [0.25, 0.3) is 5.91 Å². The van der Waals surface area contributed by atoms with E-state index in [9.17, 15) is 25.2 Å². The number of rotatable bonds is 3. The van der Waals surface area contributed by atoms with Crippen molar-refractivity contribution in [1.82, 2.24) is 5.43 Å². The lowest BCUT2D eigenvalue weighted by molar-refractivity contribution is 0.0951. The standard InChI is InChI=1S/C15H13ClN2O5/c1-7-4-9(16)5-8(12(7)20)6-17-18-15(23)10-2-3-11(19)14(22)13(10)21/h2-6,19-22H,1H3,(H,18,23). The molecule has 0 saturated carbocycles. The first kappa shape index (κ1) is 16.4. The van der Waals surface area contributed by atoms with Gasteiger partial charge in [0, 0.05) is 10.6 Å². The highest BCUT2D eigenvalue weighted by Crippen LogP contribution is 2.36. The number of carbonyl (C=O) groups excluding carboxylic acids is 1. The van der Waals surface area contributed by atoms with Crippen LogP contribution in [0.1, 0.15) is 21.5 Å². The van der Waals surface area contributed by atoms with Crippen LogP contribution in [0, 0.1) is 6.92 Å². The van der Waals surface area contributed by atoms with Crippen LogP contribution < -0.4 is 5.43 Å². The third-order valence-corrected chi connectivity index (χ3v) is 3.26. The van der Waals surface area contributed by atoms with Gasteiger partial charge in [-0.2, -0.15) is 5.10 Å². The second-order valence-electron chi connectivity index (χ2n) is 4.69. The molecule has 0 heterocycles. The molecule has 8 heteroatoms. The Hall–Kier alpha value is -2.93. The lowest BCUT2D eigenvalue weighted by Gasteiger charge is -2.06. The number of halogens is 1. The van der Waals surface area contributed by atoms with E-state index in [1.807, 2.05) is 0 Å². The summed E-state index contributed by atoms with van der Waals surface area (Å²) < 4.78 is 0. The normalized spacial score (nSPS) is 10.9. The van der Waals surface area contributed by atoms with Gasteiger partial charge in [-0.3, -0.25) is 4.79 Å². The molecular weight excluding hydrogens is 324 g/mol. The number of hydrogen-bond acceptors (Lipinski definition) is 6. The zero-order valence-corrected chi connectivity index (χ0v) is 12.7. The predicted octanol–water partition coefficient (Wildman–Crippen LogP) is 2.23. The lowest BCUT2D eigenvalue weighted by Crippen LogP contribution is -2.17. The van der Waals surface area contributed by atoms with Gasteiger partial charge in [-0.05, 0) is 36.8 Å². The minimum absolute atomic E-state index is 0.0301. The van der Waals surface area contributed by atoms with Crippen LogP contribution >= 0.6 is 11.6 Å². The molecular formula is C15H13ClN2O5. The van der Waals surface area contributed by atoms with Crippen molar-refractivity contribution in [2.24, 2.45) is 5.10 Å². The molecule has 0 fully saturated rings. The van der Waals surface area contributed by atoms with Crippen LogP contribution in [0.15, 0.2) is 29.4 Å². The van der Waals surface area contributed by atoms with Gasteiger partial charge in [-0.15, -0.1) is 0 Å². The summed E-state index contributed by atoms with van der Waals surface area (Å²) in [4.78, 5) is 11.9. The Kier molecular flexibility index (Phi) is 4.61. The molecule has 120 valence electrons. The SMILES string of the molecule is Cc1cc(Cl)cc(C=NNC(=O)c2ccc(O)c(O)c2O)c1O. The summed E-state index contributed by atoms with van der Waals surface area (Å²) >= 11 is 5.87. The third-order valence-electron chi connectivity index (χ3n) is 3.04. The van der Waals surface area contributed by atoms with Gasteiger partial charge in [0.15, 0.2) is 11.5 Å². The number of nitrogens with zero attached hydrogens (tertiary/aromatic N) is 1. The highest BCUT2D eigenvalue weighted by molar-refractivity contribution is 6.31. The van der Waals surface area contributed by atoms with E-state index in [0.29, 0.717) is 16.1 Å². The summed E-state index contributed by atoms with van der Waals surface area (Å²) in [6.45, 7) is 1.66. The first-order valence-electron chi connectivity index (χ1n) is 6.37. The Bertz CT molecular complexity index is 805. The van der Waals surface area contributed by atoms with Crippen LogP contribution in [0.25, 0.3) is 0 Å². The van der Waals surface area contributed by atoms with Crippen LogP contribution in [0.4, 0.5) is 0 Å². The minimum Gasteiger partial charge on any atom is -0.507 e. The predicted molar refractivity (Wildman–Crippen MR) is 84.4 cm³/mol. The molecule has 0 radical (unpaired) electrons. The summed E-state index contributed by atoms with van der Waals surface area (Å²) in [5.41, 5.74) is 2.70. The molecule has 0 aliphatic rings. The fourth-order valence-electron chi connectivity index (χ4n) is 1.83. The molecule has 0 spiro atoms. The molecule has 0 saturated heterocycles. The van der Waals surface area contributed by atoms with Crippen molar-refractivity contribution in [3.05, 3.63) is 46.0 Å². The van der Waals surface area contributed by atoms with Gasteiger partial charge in [-0.1, -0.05) is 11.6 Å². The van der Waals surface area contributed by atoms with E-state index in [1.165, 1.54) is 12.3 Å². The summed E-state index contributed by atoms with van der Waals surface area (Å²) in [7, 11) is 0. The number of carbonyl (C=O) groups is 1. The number of aryl methyl sites for hydroxylation is 1. The quantitative estimate of drug-likeness (QED) is 0.334. The van der Waals surface area contributed by atoms with E-state index in [0.717, 1.165) is 12.1 Å². The number of hydrazone groups is 1. The van der Waals surface area contributed by atoms with Crippen molar-refractivity contribution in [2.75, 3.05) is 0 Å². The Morgan fingerprint density at radius 2 is 1.83 bits per heavy atom. The van der Waals surface area contributed by atoms with Crippen LogP contribution in [-0.2, 0) is 0 Å². The molecule has 2 aromatic carbocycles. The number of amides is 1. The van der Waals surface area contributed by atoms with Gasteiger partial charge in [0.05, 0.1) is 11.8 Å². The number of aromatic hydroxyl groups is 4. The fraction of sp³-hybridized carbons (Fsp3) is 0.0667. The molecule has 5 N–H and O–H groups in total. The van der Waals surface area contributed by atoms with Crippen molar-refractivity contribution < 1.29 is 25.2 Å². The first-order valence-corrected chi connectivity index (χ1v) is 6.75. The highest BCUT2D eigenvalue weighted by Gasteiger charge is 2.16. The second kappa shape index (κ2) is 6.45. The van der Waals surface area contributed by atoms with Crippen LogP contribution in [0.2, 0.25) is 5.02 Å². The Balaban J connectivity index is 2.18. The van der Waals surface area contributed by atoms with Crippen molar-refractivity contribution in [2.45, 2.75) is 6.92 Å². The summed E-state index contributed by atoms with van der Waals surface area (Å²) in [5.74, 6) is -2.96. The molecule has 0 aromatic heterocycles. The Morgan fingerprint density at radius 3 is 2.52 bits per heavy atom. The van der Waals surface area contributed by atoms with E-state index in [-0.39, 0.29) is 11.3 Å². The largest absolute Gasteiger partial charge is 0.507 e. The molecule has 0 aliphatic heterocycles. The smallest absolute Gasteiger partial charge is 0.275 e. The number of hydrogen-bond donors (Lipinski definition) is 5. The number of phenolic OH excluding ortho intramolecular Hbond substituents is 4. The molecule has 0 aliphatic carbocycles. The molecule has 2 aromatic rings. The van der Waals surface area contributed by atoms with E-state index in [2.05, 4.69) is 10.5 Å². The highest BCUT2D eigenvalue weighted by atomic mass is 35.5. The fourth-order valence-corrected chi connectivity index (χ4v) is 2.11. The van der Waals surface area contributed by atoms with Gasteiger partial charge in [0.1, 0.15) is 5.75 Å². The molecule has 0 unspecified atom stereocenters. The molecule has 23 heavy (non-hydrogen) atoms. The van der Waals surface area contributed by atoms with Crippen LogP contribution in [0.3, 0.4) is 0 Å². The summed E-state index contributed by atoms with van der Waals surface area (Å²) in [5, 5.41) is 42.1. The van der Waals surface area contributed by atoms with E-state index >= 15 is 0 Å². The lowest BCUT2D eigenvalue weighted by atomic mass is 10.1. The van der Waals surface area contributed by atoms with E-state index < -0.39 is 23.2 Å². The van der Waals surface area contributed by atoms with E-state index in [4.69, 9.17) is 11.6 Å². The van der Waals surface area contributed by atoms with Gasteiger partial charge >= 0.3 is 0 Å². The van der Waals surface area contributed by atoms with Crippen LogP contribution in [0.5, 0.6) is 23.0 Å². The zero-order valence-electron chi connectivity index (χ0n) is 11.9. The molecule has 0 bridgehead atoms. The number of phenols is 4. The van der Waals surface area contributed by atoms with Crippen molar-refractivity contribution in [3.8, 4) is 23.0 Å². The molecule has 7 nitrogen and oxygen atoms in total. The van der Waals surface area contributed by atoms with Crippen LogP contribution in [-0.4, -0.2) is 32.5 Å². The number of nitrogens with one attached hydrogen (secondary N) is 1. The van der Waals surface area contributed by atoms with Gasteiger partial charge < -0.3 is 20.4 Å². The maximum atomic E-state index is 11.9. The van der Waals surface area contributed by atoms with Crippen molar-refractivity contribution in [3.63, 3.8) is 0 Å². The molecule has 2 rings (SSSR count). The van der Waals surface area contributed by atoms with Gasteiger partial charge in [-0.25, -0.2) is 5.43 Å². The minimum atomic E-state index is -0.813. The number of benzene rings is 2. The first-order chi connectivity index (χ1) is 10.8. The monoisotopic (exact) mass is 336 g/mol. The summed E-state index contributed by atoms with van der Waals surface area (Å²) in [6.07, 6.45) is 1.18. The Labute approximate surface area is 136 Å². The summed E-state index contributed by atoms with van der Waals surface area (Å²) in [6, 6.07) is 5.21. The molecule has 0 atom stereocenters. The second-order valence-corrected chi connectivity index (χ2v) is 5.13. The van der Waals surface area contributed by atoms with Crippen molar-refractivity contribution in [1.29, 1.82) is 0 Å². The van der Waals surface area contributed by atoms with Gasteiger partial charge in [0.2, 0.25) is 5.75 Å². The maximum absolute atomic E-state index is 11.9. The van der Waals surface area contributed by atoms with E-state index in [1.54, 1.807) is 13.0 Å². The average Bonchev–Trinajstić information content (AvgIpc) is 2.49. The average molecular weight is 337 g/mol. The Morgan fingerprint density at radius 1 is 1.13 bits per heavy atom. The van der Waals surface area contributed by atoms with Crippen molar-refractivity contribution >= 4 is 23.7 Å². The topological polar surface area (TPSA) is 122 Å². The molecule has 1 amide bonds.